The van der Waals surface area contributed by atoms with E-state index in [9.17, 15) is 14.7 Å². The lowest BCUT2D eigenvalue weighted by Gasteiger charge is -2.43. The monoisotopic (exact) mass is 409 g/mol. The number of hydrogen-bond donors (Lipinski definition) is 1. The molecule has 0 radical (unpaired) electrons. The van der Waals surface area contributed by atoms with E-state index in [0.717, 1.165) is 16.5 Å². The SMILES string of the molecule is CC(C)(C)OC(=O)N1[C@H]2CC[C@@H]1[C@@H](C(=O)O)[C@@H](c1ccc(Br)cc1)C2. The Bertz CT molecular complexity index is 667. The van der Waals surface area contributed by atoms with Crippen LogP contribution in [0.3, 0.4) is 0 Å². The Morgan fingerprint density at radius 2 is 1.84 bits per heavy atom. The van der Waals surface area contributed by atoms with Crippen LogP contribution in [-0.2, 0) is 9.53 Å². The van der Waals surface area contributed by atoms with E-state index >= 15 is 0 Å². The van der Waals surface area contributed by atoms with Gasteiger partial charge in [-0.05, 0) is 57.7 Å². The quantitative estimate of drug-likeness (QED) is 0.785. The van der Waals surface area contributed by atoms with Gasteiger partial charge in [0.15, 0.2) is 0 Å². The molecule has 2 fully saturated rings. The molecular formula is C19H24BrNO4. The lowest BCUT2D eigenvalue weighted by Crippen LogP contribution is -2.54. The van der Waals surface area contributed by atoms with E-state index < -0.39 is 17.5 Å². The number of piperidine rings is 1. The van der Waals surface area contributed by atoms with Crippen molar-refractivity contribution in [2.45, 2.75) is 63.6 Å². The Morgan fingerprint density at radius 3 is 2.40 bits per heavy atom. The molecule has 1 aromatic carbocycles. The van der Waals surface area contributed by atoms with Crippen molar-refractivity contribution in [3.05, 3.63) is 34.3 Å². The van der Waals surface area contributed by atoms with Crippen LogP contribution in [0.15, 0.2) is 28.7 Å². The Hall–Kier alpha value is -1.56. The molecule has 0 saturated carbocycles. The number of rotatable bonds is 2. The first-order valence-electron chi connectivity index (χ1n) is 8.67. The van der Waals surface area contributed by atoms with Gasteiger partial charge in [-0.15, -0.1) is 0 Å². The van der Waals surface area contributed by atoms with Crippen molar-refractivity contribution < 1.29 is 19.4 Å². The number of nitrogens with zero attached hydrogens (tertiary/aromatic N) is 1. The van der Waals surface area contributed by atoms with Crippen LogP contribution < -0.4 is 0 Å². The van der Waals surface area contributed by atoms with E-state index in [-0.39, 0.29) is 24.1 Å². The molecule has 1 N–H and O–H groups in total. The number of carboxylic acids is 1. The Morgan fingerprint density at radius 1 is 1.20 bits per heavy atom. The third-order valence-electron chi connectivity index (χ3n) is 5.11. The number of fused-ring (bicyclic) bond motifs is 2. The summed E-state index contributed by atoms with van der Waals surface area (Å²) in [6.45, 7) is 5.49. The molecule has 3 rings (SSSR count). The van der Waals surface area contributed by atoms with Crippen molar-refractivity contribution in [3.63, 3.8) is 0 Å². The highest BCUT2D eigenvalue weighted by molar-refractivity contribution is 9.10. The van der Waals surface area contributed by atoms with E-state index in [1.54, 1.807) is 4.90 Å². The van der Waals surface area contributed by atoms with Gasteiger partial charge in [0.25, 0.3) is 0 Å². The molecule has 0 aliphatic carbocycles. The molecule has 5 nitrogen and oxygen atoms in total. The summed E-state index contributed by atoms with van der Waals surface area (Å²) in [5, 5.41) is 9.89. The Kier molecular flexibility index (Phi) is 4.84. The molecule has 2 saturated heterocycles. The Labute approximate surface area is 156 Å². The second kappa shape index (κ2) is 6.63. The lowest BCUT2D eigenvalue weighted by atomic mass is 9.76. The highest BCUT2D eigenvalue weighted by Gasteiger charge is 2.53. The fourth-order valence-electron chi connectivity index (χ4n) is 4.19. The summed E-state index contributed by atoms with van der Waals surface area (Å²) in [6.07, 6.45) is 1.82. The van der Waals surface area contributed by atoms with E-state index in [1.165, 1.54) is 0 Å². The molecule has 1 aromatic rings. The van der Waals surface area contributed by atoms with Crippen molar-refractivity contribution in [1.82, 2.24) is 4.90 Å². The summed E-state index contributed by atoms with van der Waals surface area (Å²) < 4.78 is 6.50. The standard InChI is InChI=1S/C19H24BrNO4/c1-19(2,3)25-18(24)21-13-8-9-15(21)16(17(22)23)14(10-13)11-4-6-12(20)7-5-11/h4-7,13-16H,8-10H2,1-3H3,(H,22,23)/t13-,14+,15+,16-/m0/s1. The van der Waals surface area contributed by atoms with Gasteiger partial charge >= 0.3 is 12.1 Å². The highest BCUT2D eigenvalue weighted by Crippen LogP contribution is 2.47. The maximum atomic E-state index is 12.6. The molecule has 2 heterocycles. The number of hydrogen-bond acceptors (Lipinski definition) is 3. The summed E-state index contributed by atoms with van der Waals surface area (Å²) in [7, 11) is 0. The maximum absolute atomic E-state index is 12.6. The summed E-state index contributed by atoms with van der Waals surface area (Å²) >= 11 is 3.42. The van der Waals surface area contributed by atoms with Crippen molar-refractivity contribution in [1.29, 1.82) is 0 Å². The smallest absolute Gasteiger partial charge is 0.410 e. The van der Waals surface area contributed by atoms with Crippen molar-refractivity contribution in [2.24, 2.45) is 5.92 Å². The van der Waals surface area contributed by atoms with Gasteiger partial charge in [-0.3, -0.25) is 4.79 Å². The van der Waals surface area contributed by atoms with Gasteiger partial charge in [0.1, 0.15) is 5.60 Å². The average Bonchev–Trinajstić information content (AvgIpc) is 2.80. The van der Waals surface area contributed by atoms with Crippen LogP contribution in [0.25, 0.3) is 0 Å². The number of carbonyl (C=O) groups is 2. The van der Waals surface area contributed by atoms with Gasteiger partial charge in [-0.1, -0.05) is 28.1 Å². The first kappa shape index (κ1) is 18.2. The minimum absolute atomic E-state index is 0.0455. The molecule has 2 aliphatic heterocycles. The summed E-state index contributed by atoms with van der Waals surface area (Å²) in [5.74, 6) is -1.53. The summed E-state index contributed by atoms with van der Waals surface area (Å²) in [4.78, 5) is 26.4. The average molecular weight is 410 g/mol. The zero-order valence-electron chi connectivity index (χ0n) is 14.7. The normalized spacial score (nSPS) is 28.7. The third kappa shape index (κ3) is 3.68. The second-order valence-corrected chi connectivity index (χ2v) is 8.86. The van der Waals surface area contributed by atoms with Gasteiger partial charge in [-0.25, -0.2) is 4.79 Å². The zero-order chi connectivity index (χ0) is 18.4. The van der Waals surface area contributed by atoms with Gasteiger partial charge in [0.05, 0.1) is 5.92 Å². The van der Waals surface area contributed by atoms with E-state index in [1.807, 2.05) is 45.0 Å². The fraction of sp³-hybridized carbons (Fsp3) is 0.579. The lowest BCUT2D eigenvalue weighted by molar-refractivity contribution is -0.146. The Balaban J connectivity index is 1.89. The fourth-order valence-corrected chi connectivity index (χ4v) is 4.46. The molecule has 0 spiro atoms. The minimum Gasteiger partial charge on any atom is -0.481 e. The van der Waals surface area contributed by atoms with Gasteiger partial charge in [0, 0.05) is 22.5 Å². The minimum atomic E-state index is -0.841. The molecule has 25 heavy (non-hydrogen) atoms. The van der Waals surface area contributed by atoms with Crippen LogP contribution in [0.2, 0.25) is 0 Å². The third-order valence-corrected chi connectivity index (χ3v) is 5.64. The number of carboxylic acid groups (broad SMARTS) is 1. The van der Waals surface area contributed by atoms with Gasteiger partial charge in [0.2, 0.25) is 0 Å². The van der Waals surface area contributed by atoms with Crippen LogP contribution in [-0.4, -0.2) is 39.8 Å². The molecule has 4 atom stereocenters. The van der Waals surface area contributed by atoms with Crippen LogP contribution in [0, 0.1) is 5.92 Å². The second-order valence-electron chi connectivity index (χ2n) is 7.94. The van der Waals surface area contributed by atoms with Crippen LogP contribution in [0.4, 0.5) is 4.79 Å². The predicted octanol–water partition coefficient (Wildman–Crippen LogP) is 4.41. The molecule has 0 unspecified atom stereocenters. The molecule has 2 aliphatic rings. The number of halogens is 1. The van der Waals surface area contributed by atoms with Gasteiger partial charge in [-0.2, -0.15) is 0 Å². The molecule has 1 amide bonds. The predicted molar refractivity (Wildman–Crippen MR) is 97.5 cm³/mol. The maximum Gasteiger partial charge on any atom is 0.410 e. The van der Waals surface area contributed by atoms with Crippen LogP contribution in [0.5, 0.6) is 0 Å². The highest BCUT2D eigenvalue weighted by atomic mass is 79.9. The van der Waals surface area contributed by atoms with E-state index in [0.29, 0.717) is 12.8 Å². The number of ether oxygens (including phenoxy) is 1. The zero-order valence-corrected chi connectivity index (χ0v) is 16.3. The van der Waals surface area contributed by atoms with E-state index in [4.69, 9.17) is 4.74 Å². The van der Waals surface area contributed by atoms with E-state index in [2.05, 4.69) is 15.9 Å². The number of aliphatic carboxylic acids is 1. The van der Waals surface area contributed by atoms with Gasteiger partial charge < -0.3 is 14.7 Å². The molecule has 6 heteroatoms. The van der Waals surface area contributed by atoms with Crippen LogP contribution in [0.1, 0.15) is 51.5 Å². The van der Waals surface area contributed by atoms with Crippen molar-refractivity contribution in [2.75, 3.05) is 0 Å². The molecule has 0 aromatic heterocycles. The first-order valence-corrected chi connectivity index (χ1v) is 9.46. The first-order chi connectivity index (χ1) is 11.7. The van der Waals surface area contributed by atoms with Crippen molar-refractivity contribution in [3.8, 4) is 0 Å². The van der Waals surface area contributed by atoms with Crippen LogP contribution >= 0.6 is 15.9 Å². The van der Waals surface area contributed by atoms with Crippen molar-refractivity contribution >= 4 is 28.0 Å². The summed E-state index contributed by atoms with van der Waals surface area (Å²) in [6, 6.07) is 7.58. The summed E-state index contributed by atoms with van der Waals surface area (Å²) in [5.41, 5.74) is 0.439. The molecule has 2 bridgehead atoms. The number of carbonyl (C=O) groups excluding carboxylic acids is 1. The topological polar surface area (TPSA) is 66.8 Å². The largest absolute Gasteiger partial charge is 0.481 e. The number of benzene rings is 1. The molecule has 136 valence electrons. The number of amides is 1. The molecular weight excluding hydrogens is 386 g/mol.